The Hall–Kier alpha value is -0.380. The van der Waals surface area contributed by atoms with E-state index in [1.807, 2.05) is 6.08 Å². The van der Waals surface area contributed by atoms with E-state index in [1.54, 1.807) is 0 Å². The molecule has 3 heteroatoms. The summed E-state index contributed by atoms with van der Waals surface area (Å²) >= 11 is 0. The summed E-state index contributed by atoms with van der Waals surface area (Å²) in [4.78, 5) is 2.43. The van der Waals surface area contributed by atoms with Crippen molar-refractivity contribution in [1.82, 2.24) is 10.2 Å². The van der Waals surface area contributed by atoms with Crippen molar-refractivity contribution < 1.29 is 4.74 Å². The SMILES string of the molecule is C=CCN(CC1CCC(CNCC(C)C)O1)C(C)C. The van der Waals surface area contributed by atoms with Gasteiger partial charge in [0.15, 0.2) is 0 Å². The smallest absolute Gasteiger partial charge is 0.0707 e. The monoisotopic (exact) mass is 268 g/mol. The Labute approximate surface area is 119 Å². The van der Waals surface area contributed by atoms with Gasteiger partial charge in [0.05, 0.1) is 12.2 Å². The van der Waals surface area contributed by atoms with Gasteiger partial charge in [-0.25, -0.2) is 0 Å². The van der Waals surface area contributed by atoms with Crippen LogP contribution >= 0.6 is 0 Å². The van der Waals surface area contributed by atoms with E-state index in [0.717, 1.165) is 26.2 Å². The summed E-state index contributed by atoms with van der Waals surface area (Å²) in [6.07, 6.45) is 5.16. The molecule has 1 saturated heterocycles. The van der Waals surface area contributed by atoms with Crippen molar-refractivity contribution in [3.8, 4) is 0 Å². The molecule has 0 amide bonds. The molecule has 0 bridgehead atoms. The summed E-state index contributed by atoms with van der Waals surface area (Å²) in [5, 5.41) is 3.49. The minimum absolute atomic E-state index is 0.396. The molecule has 0 radical (unpaired) electrons. The molecule has 0 aliphatic carbocycles. The molecule has 0 aromatic carbocycles. The predicted octanol–water partition coefficient (Wildman–Crippen LogP) is 2.68. The van der Waals surface area contributed by atoms with E-state index in [9.17, 15) is 0 Å². The van der Waals surface area contributed by atoms with Crippen LogP contribution in [0.25, 0.3) is 0 Å². The van der Waals surface area contributed by atoms with Gasteiger partial charge in [0.1, 0.15) is 0 Å². The van der Waals surface area contributed by atoms with Gasteiger partial charge in [0, 0.05) is 25.7 Å². The normalized spacial score (nSPS) is 23.7. The molecule has 1 aliphatic rings. The van der Waals surface area contributed by atoms with Crippen LogP contribution in [0.2, 0.25) is 0 Å². The second-order valence-corrected chi connectivity index (χ2v) is 6.35. The number of hydrogen-bond donors (Lipinski definition) is 1. The Morgan fingerprint density at radius 2 is 1.95 bits per heavy atom. The lowest BCUT2D eigenvalue weighted by molar-refractivity contribution is 0.0198. The lowest BCUT2D eigenvalue weighted by Gasteiger charge is -2.28. The molecule has 19 heavy (non-hydrogen) atoms. The van der Waals surface area contributed by atoms with Crippen molar-refractivity contribution in [2.75, 3.05) is 26.2 Å². The summed E-state index contributed by atoms with van der Waals surface area (Å²) < 4.78 is 6.13. The van der Waals surface area contributed by atoms with Crippen molar-refractivity contribution in [2.45, 2.75) is 58.8 Å². The van der Waals surface area contributed by atoms with Gasteiger partial charge in [-0.3, -0.25) is 4.90 Å². The van der Waals surface area contributed by atoms with Crippen LogP contribution in [-0.4, -0.2) is 49.3 Å². The molecule has 0 aromatic heterocycles. The van der Waals surface area contributed by atoms with Crippen LogP contribution in [-0.2, 0) is 4.74 Å². The molecule has 0 saturated carbocycles. The summed E-state index contributed by atoms with van der Waals surface area (Å²) in [5.41, 5.74) is 0. The van der Waals surface area contributed by atoms with Crippen molar-refractivity contribution in [2.24, 2.45) is 5.92 Å². The molecular formula is C16H32N2O. The highest BCUT2D eigenvalue weighted by Gasteiger charge is 2.26. The van der Waals surface area contributed by atoms with E-state index >= 15 is 0 Å². The molecule has 1 heterocycles. The Bertz CT molecular complexity index is 253. The van der Waals surface area contributed by atoms with Gasteiger partial charge >= 0.3 is 0 Å². The van der Waals surface area contributed by atoms with Crippen LogP contribution in [0.15, 0.2) is 12.7 Å². The maximum absolute atomic E-state index is 6.13. The minimum Gasteiger partial charge on any atom is -0.372 e. The molecule has 1 N–H and O–H groups in total. The zero-order valence-electron chi connectivity index (χ0n) is 13.2. The van der Waals surface area contributed by atoms with Gasteiger partial charge in [-0.2, -0.15) is 0 Å². The van der Waals surface area contributed by atoms with E-state index in [4.69, 9.17) is 4.74 Å². The second kappa shape index (κ2) is 8.72. The Morgan fingerprint density at radius 3 is 2.53 bits per heavy atom. The van der Waals surface area contributed by atoms with Gasteiger partial charge in [-0.15, -0.1) is 6.58 Å². The first-order chi connectivity index (χ1) is 9.02. The van der Waals surface area contributed by atoms with E-state index in [0.29, 0.717) is 24.2 Å². The third-order valence-electron chi connectivity index (χ3n) is 3.65. The van der Waals surface area contributed by atoms with Crippen LogP contribution in [0.5, 0.6) is 0 Å². The number of ether oxygens (including phenoxy) is 1. The minimum atomic E-state index is 0.396. The molecular weight excluding hydrogens is 236 g/mol. The van der Waals surface area contributed by atoms with Gasteiger partial charge in [-0.05, 0) is 39.2 Å². The molecule has 0 aromatic rings. The molecule has 3 nitrogen and oxygen atoms in total. The van der Waals surface area contributed by atoms with Gasteiger partial charge < -0.3 is 10.1 Å². The number of rotatable bonds is 9. The van der Waals surface area contributed by atoms with Gasteiger partial charge in [0.25, 0.3) is 0 Å². The van der Waals surface area contributed by atoms with Crippen molar-refractivity contribution in [1.29, 1.82) is 0 Å². The standard InChI is InChI=1S/C16H32N2O/c1-6-9-18(14(4)5)12-16-8-7-15(19-16)11-17-10-13(2)3/h6,13-17H,1,7-12H2,2-5H3. The van der Waals surface area contributed by atoms with Crippen molar-refractivity contribution >= 4 is 0 Å². The van der Waals surface area contributed by atoms with Crippen LogP contribution in [0.1, 0.15) is 40.5 Å². The zero-order chi connectivity index (χ0) is 14.3. The van der Waals surface area contributed by atoms with Gasteiger partial charge in [0.2, 0.25) is 0 Å². The summed E-state index contributed by atoms with van der Waals surface area (Å²) in [6, 6.07) is 0.555. The summed E-state index contributed by atoms with van der Waals surface area (Å²) in [6.45, 7) is 16.8. The number of nitrogens with zero attached hydrogens (tertiary/aromatic N) is 1. The molecule has 2 atom stereocenters. The lowest BCUT2D eigenvalue weighted by atomic mass is 10.1. The Balaban J connectivity index is 2.25. The van der Waals surface area contributed by atoms with Crippen molar-refractivity contribution in [3.63, 3.8) is 0 Å². The van der Waals surface area contributed by atoms with Crippen LogP contribution < -0.4 is 5.32 Å². The summed E-state index contributed by atoms with van der Waals surface area (Å²) in [5.74, 6) is 0.709. The number of nitrogens with one attached hydrogen (secondary N) is 1. The molecule has 2 unspecified atom stereocenters. The average molecular weight is 268 g/mol. The Morgan fingerprint density at radius 1 is 1.26 bits per heavy atom. The third kappa shape index (κ3) is 6.55. The fourth-order valence-corrected chi connectivity index (χ4v) is 2.52. The second-order valence-electron chi connectivity index (χ2n) is 6.35. The lowest BCUT2D eigenvalue weighted by Crippen LogP contribution is -2.38. The highest BCUT2D eigenvalue weighted by molar-refractivity contribution is 4.82. The van der Waals surface area contributed by atoms with Gasteiger partial charge in [-0.1, -0.05) is 19.9 Å². The van der Waals surface area contributed by atoms with E-state index in [1.165, 1.54) is 12.8 Å². The Kier molecular flexibility index (Phi) is 7.66. The molecule has 1 fully saturated rings. The fourth-order valence-electron chi connectivity index (χ4n) is 2.52. The highest BCUT2D eigenvalue weighted by atomic mass is 16.5. The third-order valence-corrected chi connectivity index (χ3v) is 3.65. The fraction of sp³-hybridized carbons (Fsp3) is 0.875. The highest BCUT2D eigenvalue weighted by Crippen LogP contribution is 2.20. The van der Waals surface area contributed by atoms with Crippen LogP contribution in [0.3, 0.4) is 0 Å². The maximum Gasteiger partial charge on any atom is 0.0707 e. The largest absolute Gasteiger partial charge is 0.372 e. The molecule has 112 valence electrons. The molecule has 1 aliphatic heterocycles. The average Bonchev–Trinajstić information content (AvgIpc) is 2.75. The van der Waals surface area contributed by atoms with E-state index in [-0.39, 0.29) is 0 Å². The van der Waals surface area contributed by atoms with E-state index in [2.05, 4.69) is 44.5 Å². The van der Waals surface area contributed by atoms with Crippen molar-refractivity contribution in [3.05, 3.63) is 12.7 Å². The summed E-state index contributed by atoms with van der Waals surface area (Å²) in [7, 11) is 0. The quantitative estimate of drug-likeness (QED) is 0.651. The van der Waals surface area contributed by atoms with Crippen LogP contribution in [0, 0.1) is 5.92 Å². The zero-order valence-corrected chi connectivity index (χ0v) is 13.2. The van der Waals surface area contributed by atoms with Crippen LogP contribution in [0.4, 0.5) is 0 Å². The molecule has 0 spiro atoms. The predicted molar refractivity (Wildman–Crippen MR) is 82.5 cm³/mol. The van der Waals surface area contributed by atoms with E-state index < -0.39 is 0 Å². The first-order valence-electron chi connectivity index (χ1n) is 7.74. The first-order valence-corrected chi connectivity index (χ1v) is 7.74. The topological polar surface area (TPSA) is 24.5 Å². The number of hydrogen-bond acceptors (Lipinski definition) is 3. The molecule has 1 rings (SSSR count). The maximum atomic E-state index is 6.13. The first kappa shape index (κ1) is 16.7.